The molecule has 0 amide bonds. The molecule has 0 N–H and O–H groups in total. The lowest BCUT2D eigenvalue weighted by Crippen LogP contribution is -2.06. The van der Waals surface area contributed by atoms with Crippen molar-refractivity contribution in [3.8, 4) is 0 Å². The van der Waals surface area contributed by atoms with Gasteiger partial charge in [0, 0.05) is 6.08 Å². The van der Waals surface area contributed by atoms with Crippen LogP contribution in [0.25, 0.3) is 0 Å². The van der Waals surface area contributed by atoms with E-state index in [1.807, 2.05) is 41.2 Å². The zero-order chi connectivity index (χ0) is 6.81. The van der Waals surface area contributed by atoms with E-state index in [1.54, 1.807) is 6.21 Å². The molecule has 0 saturated carbocycles. The molecule has 2 rings (SSSR count). The van der Waals surface area contributed by atoms with Crippen LogP contribution in [0.2, 0.25) is 0 Å². The van der Waals surface area contributed by atoms with Crippen LogP contribution in [0.3, 0.4) is 0 Å². The maximum Gasteiger partial charge on any atom is 0.379 e. The van der Waals surface area contributed by atoms with E-state index in [9.17, 15) is 0 Å². The van der Waals surface area contributed by atoms with Crippen molar-refractivity contribution in [1.29, 1.82) is 0 Å². The van der Waals surface area contributed by atoms with Gasteiger partial charge in [0.25, 0.3) is 0 Å². The predicted molar refractivity (Wildman–Crippen MR) is 42.2 cm³/mol. The molecule has 2 nitrogen and oxygen atoms in total. The summed E-state index contributed by atoms with van der Waals surface area (Å²) in [5, 5.41) is 0. The third-order valence-electron chi connectivity index (χ3n) is 1.41. The molecule has 1 aliphatic rings. The van der Waals surface area contributed by atoms with E-state index in [0.717, 1.165) is 5.84 Å². The van der Waals surface area contributed by atoms with E-state index in [2.05, 4.69) is 4.67 Å². The number of rotatable bonds is 0. The maximum absolute atomic E-state index is 4.12. The SMILES string of the molecule is C1=CC(n2cccc2)=[N+]=C1. The molecule has 48 valence electrons. The predicted octanol–water partition coefficient (Wildman–Crippen LogP) is 0.442. The van der Waals surface area contributed by atoms with E-state index in [-0.39, 0.29) is 0 Å². The first-order valence-electron chi connectivity index (χ1n) is 3.18. The summed E-state index contributed by atoms with van der Waals surface area (Å²) in [7, 11) is 0. The van der Waals surface area contributed by atoms with E-state index in [0.29, 0.717) is 0 Å². The average molecular weight is 131 g/mol. The lowest BCUT2D eigenvalue weighted by Gasteiger charge is -1.81. The zero-order valence-corrected chi connectivity index (χ0v) is 5.44. The smallest absolute Gasteiger partial charge is 0.212 e. The molecule has 0 aromatic carbocycles. The van der Waals surface area contributed by atoms with Crippen LogP contribution in [-0.2, 0) is 0 Å². The second kappa shape index (κ2) is 2.01. The number of hydrogen-bond donors (Lipinski definition) is 0. The molecule has 0 atom stereocenters. The molecule has 0 bridgehead atoms. The Morgan fingerprint density at radius 2 is 2.00 bits per heavy atom. The molecule has 0 radical (unpaired) electrons. The second-order valence-corrected chi connectivity index (χ2v) is 2.09. The highest BCUT2D eigenvalue weighted by Crippen LogP contribution is 1.90. The lowest BCUT2D eigenvalue weighted by molar-refractivity contribution is 1.17. The van der Waals surface area contributed by atoms with Crippen molar-refractivity contribution in [1.82, 2.24) is 9.24 Å². The van der Waals surface area contributed by atoms with Crippen molar-refractivity contribution in [2.45, 2.75) is 0 Å². The third kappa shape index (κ3) is 0.714. The topological polar surface area (TPSA) is 19.0 Å². The first-order valence-corrected chi connectivity index (χ1v) is 3.18. The van der Waals surface area contributed by atoms with Crippen LogP contribution in [0.1, 0.15) is 0 Å². The van der Waals surface area contributed by atoms with Gasteiger partial charge in [-0.25, -0.2) is 4.67 Å². The van der Waals surface area contributed by atoms with Gasteiger partial charge in [-0.2, -0.15) is 4.57 Å². The van der Waals surface area contributed by atoms with E-state index < -0.39 is 0 Å². The summed E-state index contributed by atoms with van der Waals surface area (Å²) >= 11 is 0. The molecule has 1 aromatic rings. The third-order valence-corrected chi connectivity index (χ3v) is 1.41. The average Bonchev–Trinajstić information content (AvgIpc) is 2.59. The highest BCUT2D eigenvalue weighted by Gasteiger charge is 2.07. The quantitative estimate of drug-likeness (QED) is 0.455. The minimum Gasteiger partial charge on any atom is -0.212 e. The van der Waals surface area contributed by atoms with E-state index >= 15 is 0 Å². The first-order chi connectivity index (χ1) is 4.97. The zero-order valence-electron chi connectivity index (χ0n) is 5.44. The minimum absolute atomic E-state index is 0.977. The van der Waals surface area contributed by atoms with Crippen molar-refractivity contribution in [3.05, 3.63) is 36.7 Å². The maximum atomic E-state index is 4.12. The number of aromatic nitrogens is 1. The fraction of sp³-hybridized carbons (Fsp3) is 0. The van der Waals surface area contributed by atoms with Gasteiger partial charge in [0.05, 0.1) is 18.5 Å². The highest BCUT2D eigenvalue weighted by molar-refractivity contribution is 6.02. The summed E-state index contributed by atoms with van der Waals surface area (Å²) in [5.41, 5.74) is 0. The van der Waals surface area contributed by atoms with Gasteiger partial charge in [-0.05, 0) is 12.1 Å². The molecular weight excluding hydrogens is 124 g/mol. The van der Waals surface area contributed by atoms with Crippen LogP contribution < -0.4 is 4.67 Å². The van der Waals surface area contributed by atoms with E-state index in [1.165, 1.54) is 0 Å². The van der Waals surface area contributed by atoms with Gasteiger partial charge in [0.15, 0.2) is 6.21 Å². The van der Waals surface area contributed by atoms with Crippen molar-refractivity contribution in [2.24, 2.45) is 0 Å². The number of nitrogens with zero attached hydrogens (tertiary/aromatic N) is 2. The van der Waals surface area contributed by atoms with Gasteiger partial charge in [0.1, 0.15) is 0 Å². The number of hydrogen-bond acceptors (Lipinski definition) is 0. The first kappa shape index (κ1) is 5.27. The van der Waals surface area contributed by atoms with Crippen LogP contribution >= 0.6 is 0 Å². The Morgan fingerprint density at radius 3 is 2.60 bits per heavy atom. The molecule has 0 aliphatic carbocycles. The summed E-state index contributed by atoms with van der Waals surface area (Å²) in [6, 6.07) is 3.96. The van der Waals surface area contributed by atoms with Crippen LogP contribution in [0.5, 0.6) is 0 Å². The fourth-order valence-corrected chi connectivity index (χ4v) is 0.932. The van der Waals surface area contributed by atoms with Crippen LogP contribution in [0.4, 0.5) is 0 Å². The van der Waals surface area contributed by atoms with Crippen molar-refractivity contribution in [3.63, 3.8) is 0 Å². The van der Waals surface area contributed by atoms with Gasteiger partial charge < -0.3 is 0 Å². The Hall–Kier alpha value is -1.53. The lowest BCUT2D eigenvalue weighted by atomic mass is 10.5. The Kier molecular flexibility index (Phi) is 1.06. The monoisotopic (exact) mass is 131 g/mol. The summed E-state index contributed by atoms with van der Waals surface area (Å²) in [5.74, 6) is 0.977. The normalized spacial score (nSPS) is 14.2. The fourth-order valence-electron chi connectivity index (χ4n) is 0.932. The molecule has 2 heterocycles. The molecule has 10 heavy (non-hydrogen) atoms. The van der Waals surface area contributed by atoms with Crippen molar-refractivity contribution >= 4 is 12.1 Å². The summed E-state index contributed by atoms with van der Waals surface area (Å²) < 4.78 is 6.09. The minimum atomic E-state index is 0.977. The Bertz CT molecular complexity index is 311. The number of allylic oxidation sites excluding steroid dienone is 2. The van der Waals surface area contributed by atoms with Crippen LogP contribution in [-0.4, -0.2) is 16.6 Å². The highest BCUT2D eigenvalue weighted by atomic mass is 15.0. The van der Waals surface area contributed by atoms with Crippen LogP contribution in [0, 0.1) is 0 Å². The largest absolute Gasteiger partial charge is 0.379 e. The Balaban J connectivity index is 2.47. The second-order valence-electron chi connectivity index (χ2n) is 2.09. The summed E-state index contributed by atoms with van der Waals surface area (Å²) in [4.78, 5) is 0. The molecule has 1 aromatic heterocycles. The van der Waals surface area contributed by atoms with Gasteiger partial charge in [-0.15, -0.1) is 0 Å². The van der Waals surface area contributed by atoms with Gasteiger partial charge >= 0.3 is 5.84 Å². The molecule has 0 spiro atoms. The molecule has 0 saturated heterocycles. The standard InChI is InChI=1S/C8H7N2/c1-2-7-10(6-1)8-4-3-5-9-8/h1-7H/q+1. The van der Waals surface area contributed by atoms with Gasteiger partial charge in [0.2, 0.25) is 0 Å². The van der Waals surface area contributed by atoms with Crippen LogP contribution in [0.15, 0.2) is 36.7 Å². The molecule has 1 aliphatic heterocycles. The van der Waals surface area contributed by atoms with Crippen molar-refractivity contribution < 1.29 is 0 Å². The van der Waals surface area contributed by atoms with Gasteiger partial charge in [-0.1, -0.05) is 0 Å². The molecule has 0 fully saturated rings. The van der Waals surface area contributed by atoms with Crippen molar-refractivity contribution in [2.75, 3.05) is 0 Å². The summed E-state index contributed by atoms with van der Waals surface area (Å²) in [6.07, 6.45) is 9.63. The molecule has 0 unspecified atom stereocenters. The van der Waals surface area contributed by atoms with Gasteiger partial charge in [-0.3, -0.25) is 0 Å². The Labute approximate surface area is 58.9 Å². The molecular formula is C8H7N2+. The molecule has 2 heteroatoms. The van der Waals surface area contributed by atoms with E-state index in [4.69, 9.17) is 0 Å². The Morgan fingerprint density at radius 1 is 1.20 bits per heavy atom. The summed E-state index contributed by atoms with van der Waals surface area (Å²) in [6.45, 7) is 0.